The van der Waals surface area contributed by atoms with Gasteiger partial charge < -0.3 is 25.3 Å². The monoisotopic (exact) mass is 313 g/mol. The number of methoxy groups -OCH3 is 2. The molecule has 7 nitrogen and oxygen atoms in total. The maximum absolute atomic E-state index is 11.8. The van der Waals surface area contributed by atoms with E-state index in [2.05, 4.69) is 5.32 Å². The fourth-order valence-corrected chi connectivity index (χ4v) is 2.60. The molecule has 0 spiro atoms. The first-order chi connectivity index (χ1) is 10.1. The molecule has 0 aliphatic heterocycles. The van der Waals surface area contributed by atoms with Crippen LogP contribution in [0, 0.1) is 11.3 Å². The number of nitrogens with two attached hydrogens (primary N) is 1. The molecular formula is C13H19N3O4S. The lowest BCUT2D eigenvalue weighted by Gasteiger charge is -2.15. The molecule has 1 heterocycles. The van der Waals surface area contributed by atoms with Gasteiger partial charge in [0.05, 0.1) is 25.0 Å². The quantitative estimate of drug-likeness (QED) is 0.699. The maximum Gasteiger partial charge on any atom is 0.350 e. The highest BCUT2D eigenvalue weighted by Gasteiger charge is 2.22. The van der Waals surface area contributed by atoms with Gasteiger partial charge in [0, 0.05) is 20.8 Å². The number of carbonyl (C=O) groups excluding carboxylic acids is 1. The summed E-state index contributed by atoms with van der Waals surface area (Å²) in [5.74, 6) is -0.523. The van der Waals surface area contributed by atoms with Crippen LogP contribution in [0.4, 0.5) is 10.7 Å². The highest BCUT2D eigenvalue weighted by atomic mass is 32.1. The molecule has 0 saturated heterocycles. The predicted molar refractivity (Wildman–Crippen MR) is 80.6 cm³/mol. The van der Waals surface area contributed by atoms with Gasteiger partial charge in [0.2, 0.25) is 0 Å². The molecule has 0 aliphatic rings. The van der Waals surface area contributed by atoms with E-state index in [1.807, 2.05) is 6.07 Å². The van der Waals surface area contributed by atoms with Gasteiger partial charge in [-0.25, -0.2) is 4.79 Å². The molecule has 1 aromatic rings. The number of ether oxygens (including phenoxy) is 3. The Morgan fingerprint density at radius 2 is 2.24 bits per heavy atom. The zero-order valence-corrected chi connectivity index (χ0v) is 13.1. The lowest BCUT2D eigenvalue weighted by Crippen LogP contribution is -2.26. The molecule has 0 aromatic carbocycles. The SMILES string of the molecule is CCOC(=O)c1sc(NCC(COC)OC)c(C#N)c1N. The number of nitrogens with zero attached hydrogens (tertiary/aromatic N) is 1. The van der Waals surface area contributed by atoms with Crippen molar-refractivity contribution in [1.82, 2.24) is 0 Å². The Kier molecular flexibility index (Phi) is 6.94. The van der Waals surface area contributed by atoms with Crippen molar-refractivity contribution >= 4 is 28.0 Å². The van der Waals surface area contributed by atoms with E-state index in [1.54, 1.807) is 21.1 Å². The Bertz CT molecular complexity index is 524. The second kappa shape index (κ2) is 8.46. The van der Waals surface area contributed by atoms with Crippen LogP contribution in [-0.2, 0) is 14.2 Å². The van der Waals surface area contributed by atoms with Crippen molar-refractivity contribution in [1.29, 1.82) is 5.26 Å². The Morgan fingerprint density at radius 3 is 2.76 bits per heavy atom. The van der Waals surface area contributed by atoms with E-state index in [9.17, 15) is 10.1 Å². The topological polar surface area (TPSA) is 107 Å². The molecule has 21 heavy (non-hydrogen) atoms. The minimum Gasteiger partial charge on any atom is -0.462 e. The van der Waals surface area contributed by atoms with Crippen molar-refractivity contribution in [2.45, 2.75) is 13.0 Å². The number of hydrogen-bond acceptors (Lipinski definition) is 8. The normalized spacial score (nSPS) is 11.7. The number of hydrogen-bond donors (Lipinski definition) is 2. The fraction of sp³-hybridized carbons (Fsp3) is 0.538. The van der Waals surface area contributed by atoms with E-state index < -0.39 is 5.97 Å². The molecule has 1 atom stereocenters. The average molecular weight is 313 g/mol. The van der Waals surface area contributed by atoms with E-state index in [4.69, 9.17) is 19.9 Å². The zero-order chi connectivity index (χ0) is 15.8. The molecular weight excluding hydrogens is 294 g/mol. The molecule has 1 unspecified atom stereocenters. The third kappa shape index (κ3) is 4.32. The number of esters is 1. The molecule has 0 amide bonds. The van der Waals surface area contributed by atoms with Crippen molar-refractivity contribution in [3.05, 3.63) is 10.4 Å². The Hall–Kier alpha value is -1.82. The summed E-state index contributed by atoms with van der Waals surface area (Å²) in [6.45, 7) is 2.80. The van der Waals surface area contributed by atoms with Crippen LogP contribution in [0.1, 0.15) is 22.2 Å². The van der Waals surface area contributed by atoms with Gasteiger partial charge in [0.25, 0.3) is 0 Å². The number of nitrogen functional groups attached to an aromatic ring is 1. The van der Waals surface area contributed by atoms with Gasteiger partial charge in [-0.15, -0.1) is 11.3 Å². The lowest BCUT2D eigenvalue weighted by molar-refractivity contribution is 0.0366. The molecule has 1 rings (SSSR count). The van der Waals surface area contributed by atoms with Gasteiger partial charge >= 0.3 is 5.97 Å². The first kappa shape index (κ1) is 17.2. The molecule has 3 N–H and O–H groups in total. The molecule has 0 fully saturated rings. The maximum atomic E-state index is 11.8. The number of rotatable bonds is 8. The van der Waals surface area contributed by atoms with Crippen LogP contribution in [0.15, 0.2) is 0 Å². The first-order valence-electron chi connectivity index (χ1n) is 6.34. The van der Waals surface area contributed by atoms with Crippen LogP contribution in [0.25, 0.3) is 0 Å². The summed E-state index contributed by atoms with van der Waals surface area (Å²) in [5.41, 5.74) is 6.22. The van der Waals surface area contributed by atoms with E-state index in [-0.39, 0.29) is 28.8 Å². The summed E-state index contributed by atoms with van der Waals surface area (Å²) in [6.07, 6.45) is -0.170. The Morgan fingerprint density at radius 1 is 1.52 bits per heavy atom. The van der Waals surface area contributed by atoms with Gasteiger partial charge in [-0.2, -0.15) is 5.26 Å². The summed E-state index contributed by atoms with van der Waals surface area (Å²) in [7, 11) is 3.15. The molecule has 0 radical (unpaired) electrons. The smallest absolute Gasteiger partial charge is 0.350 e. The van der Waals surface area contributed by atoms with Gasteiger partial charge in [0.15, 0.2) is 0 Å². The number of anilines is 2. The van der Waals surface area contributed by atoms with Gasteiger partial charge in [0.1, 0.15) is 21.5 Å². The predicted octanol–water partition coefficient (Wildman–Crippen LogP) is 1.45. The van der Waals surface area contributed by atoms with Gasteiger partial charge in [-0.3, -0.25) is 0 Å². The molecule has 8 heteroatoms. The van der Waals surface area contributed by atoms with Crippen LogP contribution in [0.2, 0.25) is 0 Å². The Balaban J connectivity index is 2.90. The van der Waals surface area contributed by atoms with Crippen LogP contribution in [0.5, 0.6) is 0 Å². The third-order valence-corrected chi connectivity index (χ3v) is 3.84. The molecule has 116 valence electrons. The van der Waals surface area contributed by atoms with Gasteiger partial charge in [-0.05, 0) is 6.92 Å². The van der Waals surface area contributed by atoms with Crippen LogP contribution in [-0.4, -0.2) is 46.1 Å². The number of nitriles is 1. The summed E-state index contributed by atoms with van der Waals surface area (Å²) in [4.78, 5) is 12.0. The number of nitrogens with one attached hydrogen (secondary N) is 1. The minimum atomic E-state index is -0.523. The van der Waals surface area contributed by atoms with Crippen molar-refractivity contribution in [3.8, 4) is 6.07 Å². The Labute approximate surface area is 127 Å². The van der Waals surface area contributed by atoms with Crippen molar-refractivity contribution < 1.29 is 19.0 Å². The lowest BCUT2D eigenvalue weighted by atomic mass is 10.2. The minimum absolute atomic E-state index is 0.143. The van der Waals surface area contributed by atoms with Gasteiger partial charge in [-0.1, -0.05) is 0 Å². The number of carbonyl (C=O) groups is 1. The molecule has 0 aliphatic carbocycles. The number of thiophene rings is 1. The van der Waals surface area contributed by atoms with E-state index in [0.717, 1.165) is 11.3 Å². The van der Waals surface area contributed by atoms with E-state index >= 15 is 0 Å². The second-order valence-corrected chi connectivity index (χ2v) is 5.10. The summed E-state index contributed by atoms with van der Waals surface area (Å²) in [6, 6.07) is 2.00. The van der Waals surface area contributed by atoms with Crippen LogP contribution < -0.4 is 11.1 Å². The van der Waals surface area contributed by atoms with Crippen molar-refractivity contribution in [2.24, 2.45) is 0 Å². The molecule has 0 saturated carbocycles. The summed E-state index contributed by atoms with van der Waals surface area (Å²) in [5, 5.41) is 12.8. The fourth-order valence-electron chi connectivity index (χ4n) is 1.63. The second-order valence-electron chi connectivity index (χ2n) is 4.08. The molecule has 1 aromatic heterocycles. The van der Waals surface area contributed by atoms with E-state index in [1.165, 1.54) is 0 Å². The van der Waals surface area contributed by atoms with Crippen molar-refractivity contribution in [3.63, 3.8) is 0 Å². The summed E-state index contributed by atoms with van der Waals surface area (Å²) >= 11 is 1.10. The first-order valence-corrected chi connectivity index (χ1v) is 7.15. The van der Waals surface area contributed by atoms with Crippen LogP contribution >= 0.6 is 11.3 Å². The van der Waals surface area contributed by atoms with E-state index in [0.29, 0.717) is 18.2 Å². The highest BCUT2D eigenvalue weighted by molar-refractivity contribution is 7.18. The largest absolute Gasteiger partial charge is 0.462 e. The highest BCUT2D eigenvalue weighted by Crippen LogP contribution is 2.35. The summed E-state index contributed by atoms with van der Waals surface area (Å²) < 4.78 is 15.2. The zero-order valence-electron chi connectivity index (χ0n) is 12.3. The molecule has 0 bridgehead atoms. The standard InChI is InChI=1S/C13H19N3O4S/c1-4-20-13(17)11-10(15)9(5-14)12(21-11)16-6-8(19-3)7-18-2/h8,16H,4,6-7,15H2,1-3H3. The van der Waals surface area contributed by atoms with Crippen molar-refractivity contribution in [2.75, 3.05) is 45.0 Å². The third-order valence-electron chi connectivity index (χ3n) is 2.69. The van der Waals surface area contributed by atoms with Crippen LogP contribution in [0.3, 0.4) is 0 Å². The average Bonchev–Trinajstić information content (AvgIpc) is 2.79.